The summed E-state index contributed by atoms with van der Waals surface area (Å²) in [5.74, 6) is -0.0874. The zero-order chi connectivity index (χ0) is 24.7. The number of aryl methyl sites for hydroxylation is 2. The van der Waals surface area contributed by atoms with Crippen molar-refractivity contribution in [2.45, 2.75) is 26.7 Å². The molecule has 8 nitrogen and oxygen atoms in total. The van der Waals surface area contributed by atoms with E-state index in [1.807, 2.05) is 30.9 Å². The fourth-order valence-corrected chi connectivity index (χ4v) is 4.65. The Bertz CT molecular complexity index is 1470. The first-order valence-electron chi connectivity index (χ1n) is 11.3. The van der Waals surface area contributed by atoms with Gasteiger partial charge in [-0.2, -0.15) is 0 Å². The van der Waals surface area contributed by atoms with Gasteiger partial charge in [0.2, 0.25) is 5.89 Å². The van der Waals surface area contributed by atoms with E-state index in [0.717, 1.165) is 42.6 Å². The Morgan fingerprint density at radius 2 is 1.89 bits per heavy atom. The molecule has 1 aromatic heterocycles. The van der Waals surface area contributed by atoms with Crippen molar-refractivity contribution in [2.24, 2.45) is 0 Å². The molecular formula is C26H23ClN4O4. The predicted octanol–water partition coefficient (Wildman–Crippen LogP) is 6.53. The zero-order valence-electron chi connectivity index (χ0n) is 19.3. The van der Waals surface area contributed by atoms with Crippen LogP contribution in [0.25, 0.3) is 22.6 Å². The second-order valence-electron chi connectivity index (χ2n) is 8.75. The van der Waals surface area contributed by atoms with Gasteiger partial charge in [-0.3, -0.25) is 14.9 Å². The normalized spacial score (nSPS) is 13.4. The topological polar surface area (TPSA) is 102 Å². The van der Waals surface area contributed by atoms with E-state index in [0.29, 0.717) is 33.4 Å². The van der Waals surface area contributed by atoms with Crippen LogP contribution in [0.2, 0.25) is 5.02 Å². The number of halogens is 1. The molecule has 0 spiro atoms. The van der Waals surface area contributed by atoms with Gasteiger partial charge in [-0.15, -0.1) is 0 Å². The quantitative estimate of drug-likeness (QED) is 0.252. The summed E-state index contributed by atoms with van der Waals surface area (Å²) in [4.78, 5) is 30.8. The highest BCUT2D eigenvalue weighted by atomic mass is 35.5. The lowest BCUT2D eigenvalue weighted by atomic mass is 10.1. The van der Waals surface area contributed by atoms with Gasteiger partial charge in [0.15, 0.2) is 5.58 Å². The number of nitro benzene ring substituents is 1. The van der Waals surface area contributed by atoms with Crippen molar-refractivity contribution in [3.05, 3.63) is 80.4 Å². The molecule has 0 radical (unpaired) electrons. The van der Waals surface area contributed by atoms with Gasteiger partial charge in [-0.25, -0.2) is 4.98 Å². The van der Waals surface area contributed by atoms with Gasteiger partial charge in [0.1, 0.15) is 11.2 Å². The lowest BCUT2D eigenvalue weighted by molar-refractivity contribution is -0.384. The van der Waals surface area contributed by atoms with Crippen LogP contribution in [0.5, 0.6) is 0 Å². The van der Waals surface area contributed by atoms with Crippen molar-refractivity contribution in [2.75, 3.05) is 23.3 Å². The highest BCUT2D eigenvalue weighted by Gasteiger charge is 2.24. The Morgan fingerprint density at radius 3 is 2.63 bits per heavy atom. The summed E-state index contributed by atoms with van der Waals surface area (Å²) >= 11 is 6.35. The second-order valence-corrected chi connectivity index (χ2v) is 9.16. The Balaban J connectivity index is 1.44. The van der Waals surface area contributed by atoms with Crippen molar-refractivity contribution in [1.82, 2.24) is 4.98 Å². The highest BCUT2D eigenvalue weighted by Crippen LogP contribution is 2.34. The molecule has 1 saturated heterocycles. The smallest absolute Gasteiger partial charge is 0.293 e. The molecule has 1 aliphatic heterocycles. The Kier molecular flexibility index (Phi) is 5.90. The minimum atomic E-state index is -0.496. The number of carbonyl (C=O) groups is 1. The molecule has 1 N–H and O–H groups in total. The Hall–Kier alpha value is -3.91. The van der Waals surface area contributed by atoms with Crippen LogP contribution in [-0.2, 0) is 0 Å². The van der Waals surface area contributed by atoms with E-state index >= 15 is 0 Å². The van der Waals surface area contributed by atoms with Crippen LogP contribution in [0.3, 0.4) is 0 Å². The average Bonchev–Trinajstić information content (AvgIpc) is 3.50. The number of amides is 1. The molecule has 0 aliphatic carbocycles. The van der Waals surface area contributed by atoms with Crippen molar-refractivity contribution >= 4 is 45.7 Å². The van der Waals surface area contributed by atoms with Crippen LogP contribution in [0, 0.1) is 24.0 Å². The summed E-state index contributed by atoms with van der Waals surface area (Å²) in [6.07, 6.45) is 1.99. The first-order chi connectivity index (χ1) is 16.8. The maximum Gasteiger partial charge on any atom is 0.293 e. The summed E-state index contributed by atoms with van der Waals surface area (Å²) in [6, 6.07) is 13.6. The molecule has 1 fully saturated rings. The minimum absolute atomic E-state index is 0.0865. The molecule has 2 heterocycles. The van der Waals surface area contributed by atoms with E-state index in [2.05, 4.69) is 10.3 Å². The largest absolute Gasteiger partial charge is 0.436 e. The molecule has 4 aromatic rings. The SMILES string of the molecule is Cc1cc(C)c2oc(-c3ccc(Cl)c(NC(=O)c4ccc(N5CCCC5)c([N+](=O)[O-])c4)c3)nc2c1. The number of nitrogens with one attached hydrogen (secondary N) is 1. The number of benzene rings is 3. The summed E-state index contributed by atoms with van der Waals surface area (Å²) < 4.78 is 5.98. The monoisotopic (exact) mass is 490 g/mol. The van der Waals surface area contributed by atoms with Crippen LogP contribution in [0.1, 0.15) is 34.3 Å². The number of nitro groups is 1. The lowest BCUT2D eigenvalue weighted by Gasteiger charge is -2.18. The first kappa shape index (κ1) is 22.9. The molecule has 35 heavy (non-hydrogen) atoms. The third-order valence-corrected chi connectivity index (χ3v) is 6.49. The van der Waals surface area contributed by atoms with E-state index in [-0.39, 0.29) is 11.3 Å². The molecule has 5 rings (SSSR count). The number of carbonyl (C=O) groups excluding carboxylic acids is 1. The third-order valence-electron chi connectivity index (χ3n) is 6.16. The molecule has 1 aliphatic rings. The minimum Gasteiger partial charge on any atom is -0.436 e. The van der Waals surface area contributed by atoms with Gasteiger partial charge in [0.25, 0.3) is 11.6 Å². The number of fused-ring (bicyclic) bond motifs is 1. The number of nitrogens with zero attached hydrogens (tertiary/aromatic N) is 3. The first-order valence-corrected chi connectivity index (χ1v) is 11.7. The molecule has 0 atom stereocenters. The van der Waals surface area contributed by atoms with E-state index in [4.69, 9.17) is 16.0 Å². The van der Waals surface area contributed by atoms with Gasteiger partial charge >= 0.3 is 0 Å². The Morgan fingerprint density at radius 1 is 1.11 bits per heavy atom. The van der Waals surface area contributed by atoms with Crippen molar-refractivity contribution in [3.63, 3.8) is 0 Å². The van der Waals surface area contributed by atoms with E-state index in [9.17, 15) is 14.9 Å². The number of aromatic nitrogens is 1. The lowest BCUT2D eigenvalue weighted by Crippen LogP contribution is -2.20. The second kappa shape index (κ2) is 9.03. The van der Waals surface area contributed by atoms with E-state index < -0.39 is 10.8 Å². The fourth-order valence-electron chi connectivity index (χ4n) is 4.49. The molecule has 9 heteroatoms. The van der Waals surface area contributed by atoms with Gasteiger partial charge in [0.05, 0.1) is 15.6 Å². The zero-order valence-corrected chi connectivity index (χ0v) is 20.1. The predicted molar refractivity (Wildman–Crippen MR) is 136 cm³/mol. The third kappa shape index (κ3) is 4.44. The summed E-state index contributed by atoms with van der Waals surface area (Å²) in [6.45, 7) is 5.50. The average molecular weight is 491 g/mol. The van der Waals surface area contributed by atoms with Gasteiger partial charge in [-0.05, 0) is 74.2 Å². The van der Waals surface area contributed by atoms with Crippen LogP contribution < -0.4 is 10.2 Å². The van der Waals surface area contributed by atoms with E-state index in [1.165, 1.54) is 6.07 Å². The standard InChI is InChI=1S/C26H23ClN4O4/c1-15-11-16(2)24-21(12-15)29-26(35-24)18-5-7-19(27)20(13-18)28-25(32)17-6-8-22(23(14-17)31(33)34)30-9-3-4-10-30/h5-8,11-14H,3-4,9-10H2,1-2H3,(H,28,32). The molecular weight excluding hydrogens is 468 g/mol. The summed E-state index contributed by atoms with van der Waals surface area (Å²) in [5.41, 5.74) is 5.16. The van der Waals surface area contributed by atoms with Gasteiger partial charge in [0, 0.05) is 30.3 Å². The van der Waals surface area contributed by atoms with Crippen LogP contribution in [0.4, 0.5) is 17.1 Å². The molecule has 0 bridgehead atoms. The Labute approximate surface area is 206 Å². The van der Waals surface area contributed by atoms with Crippen molar-refractivity contribution in [1.29, 1.82) is 0 Å². The number of rotatable bonds is 5. The number of hydrogen-bond donors (Lipinski definition) is 1. The van der Waals surface area contributed by atoms with Crippen molar-refractivity contribution in [3.8, 4) is 11.5 Å². The molecule has 3 aromatic carbocycles. The molecule has 0 saturated carbocycles. The van der Waals surface area contributed by atoms with Crippen LogP contribution in [-0.4, -0.2) is 28.9 Å². The molecule has 0 unspecified atom stereocenters. The molecule has 1 amide bonds. The van der Waals surface area contributed by atoms with Crippen LogP contribution in [0.15, 0.2) is 52.9 Å². The van der Waals surface area contributed by atoms with Gasteiger partial charge in [-0.1, -0.05) is 17.7 Å². The number of oxazole rings is 1. The van der Waals surface area contributed by atoms with Gasteiger partial charge < -0.3 is 14.6 Å². The van der Waals surface area contributed by atoms with Crippen LogP contribution >= 0.6 is 11.6 Å². The highest BCUT2D eigenvalue weighted by molar-refractivity contribution is 6.34. The summed E-state index contributed by atoms with van der Waals surface area (Å²) in [7, 11) is 0. The fraction of sp³-hybridized carbons (Fsp3) is 0.231. The van der Waals surface area contributed by atoms with E-state index in [1.54, 1.807) is 30.3 Å². The summed E-state index contributed by atoms with van der Waals surface area (Å²) in [5, 5.41) is 14.8. The van der Waals surface area contributed by atoms with Crippen molar-refractivity contribution < 1.29 is 14.1 Å². The molecule has 178 valence electrons. The number of hydrogen-bond acceptors (Lipinski definition) is 6. The maximum absolute atomic E-state index is 13.0. The number of anilines is 2. The maximum atomic E-state index is 13.0.